The molecule has 1 aliphatic carbocycles. The van der Waals surface area contributed by atoms with Crippen molar-refractivity contribution in [3.63, 3.8) is 0 Å². The first-order chi connectivity index (χ1) is 9.66. The topological polar surface area (TPSA) is 46.3 Å². The van der Waals surface area contributed by atoms with Crippen LogP contribution in [0.25, 0.3) is 0 Å². The second kappa shape index (κ2) is 5.65. The monoisotopic (exact) mass is 292 g/mol. The average molecular weight is 293 g/mol. The third kappa shape index (κ3) is 2.51. The van der Waals surface area contributed by atoms with Crippen molar-refractivity contribution in [1.29, 1.82) is 0 Å². The van der Waals surface area contributed by atoms with E-state index in [0.717, 1.165) is 25.4 Å². The zero-order valence-corrected chi connectivity index (χ0v) is 12.4. The molecule has 2 N–H and O–H groups in total. The number of benzene rings is 1. The first-order valence-electron chi connectivity index (χ1n) is 7.50. The van der Waals surface area contributed by atoms with Crippen LogP contribution in [-0.2, 0) is 0 Å². The van der Waals surface area contributed by atoms with E-state index in [2.05, 4.69) is 0 Å². The molecule has 1 aliphatic heterocycles. The number of halogens is 1. The zero-order chi connectivity index (χ0) is 14.1. The SMILES string of the molecule is Nc1cccc(C(=O)N2CCC3CCCCC3C2)c1Cl. The number of carbonyl (C=O) groups is 1. The molecule has 4 heteroatoms. The van der Waals surface area contributed by atoms with E-state index in [-0.39, 0.29) is 5.91 Å². The Labute approximate surface area is 125 Å². The maximum atomic E-state index is 12.6. The normalized spacial score (nSPS) is 26.1. The predicted molar refractivity (Wildman–Crippen MR) is 81.8 cm³/mol. The summed E-state index contributed by atoms with van der Waals surface area (Å²) >= 11 is 6.17. The zero-order valence-electron chi connectivity index (χ0n) is 11.6. The van der Waals surface area contributed by atoms with Crippen LogP contribution in [0.3, 0.4) is 0 Å². The van der Waals surface area contributed by atoms with Crippen molar-refractivity contribution >= 4 is 23.2 Å². The molecule has 1 aromatic rings. The summed E-state index contributed by atoms with van der Waals surface area (Å²) in [7, 11) is 0. The standard InChI is InChI=1S/C16H21ClN2O/c17-15-13(6-3-7-14(15)18)16(20)19-9-8-11-4-1-2-5-12(11)10-19/h3,6-7,11-12H,1-2,4-5,8-10,18H2. The highest BCUT2D eigenvalue weighted by atomic mass is 35.5. The fourth-order valence-electron chi connectivity index (χ4n) is 3.67. The third-order valence-corrected chi connectivity index (χ3v) is 5.26. The Balaban J connectivity index is 1.76. The van der Waals surface area contributed by atoms with Gasteiger partial charge in [0.2, 0.25) is 0 Å². The number of hydrogen-bond donors (Lipinski definition) is 1. The van der Waals surface area contributed by atoms with Crippen LogP contribution in [0.1, 0.15) is 42.5 Å². The molecule has 2 atom stereocenters. The largest absolute Gasteiger partial charge is 0.398 e. The first kappa shape index (κ1) is 13.7. The number of fused-ring (bicyclic) bond motifs is 1. The van der Waals surface area contributed by atoms with Gasteiger partial charge in [0, 0.05) is 13.1 Å². The first-order valence-corrected chi connectivity index (χ1v) is 7.88. The van der Waals surface area contributed by atoms with Crippen molar-refractivity contribution in [2.24, 2.45) is 11.8 Å². The number of rotatable bonds is 1. The van der Waals surface area contributed by atoms with Gasteiger partial charge in [-0.15, -0.1) is 0 Å². The van der Waals surface area contributed by atoms with Crippen LogP contribution >= 0.6 is 11.6 Å². The Bertz CT molecular complexity index is 517. The summed E-state index contributed by atoms with van der Waals surface area (Å²) in [4.78, 5) is 14.6. The number of piperidine rings is 1. The number of nitrogen functional groups attached to an aromatic ring is 1. The summed E-state index contributed by atoms with van der Waals surface area (Å²) < 4.78 is 0. The second-order valence-electron chi connectivity index (χ2n) is 6.05. The van der Waals surface area contributed by atoms with Crippen LogP contribution in [0.15, 0.2) is 18.2 Å². The molecule has 0 radical (unpaired) electrons. The number of nitrogens with two attached hydrogens (primary N) is 1. The lowest BCUT2D eigenvalue weighted by molar-refractivity contribution is 0.0521. The van der Waals surface area contributed by atoms with Crippen LogP contribution in [0.2, 0.25) is 5.02 Å². The van der Waals surface area contributed by atoms with Crippen molar-refractivity contribution in [2.75, 3.05) is 18.8 Å². The number of anilines is 1. The summed E-state index contributed by atoms with van der Waals surface area (Å²) in [6.07, 6.45) is 6.40. The lowest BCUT2D eigenvalue weighted by atomic mass is 9.75. The molecule has 20 heavy (non-hydrogen) atoms. The number of amides is 1. The van der Waals surface area contributed by atoms with Crippen LogP contribution in [0.4, 0.5) is 5.69 Å². The smallest absolute Gasteiger partial charge is 0.255 e. The summed E-state index contributed by atoms with van der Waals surface area (Å²) in [6.45, 7) is 1.74. The van der Waals surface area contributed by atoms with Gasteiger partial charge < -0.3 is 10.6 Å². The second-order valence-corrected chi connectivity index (χ2v) is 6.43. The van der Waals surface area contributed by atoms with Gasteiger partial charge in [0.05, 0.1) is 16.3 Å². The summed E-state index contributed by atoms with van der Waals surface area (Å²) in [5.41, 5.74) is 6.81. The molecule has 1 heterocycles. The molecule has 1 saturated heterocycles. The van der Waals surface area contributed by atoms with Gasteiger partial charge in [0.25, 0.3) is 5.91 Å². The van der Waals surface area contributed by atoms with Gasteiger partial charge in [-0.25, -0.2) is 0 Å². The molecule has 3 nitrogen and oxygen atoms in total. The van der Waals surface area contributed by atoms with Crippen LogP contribution in [-0.4, -0.2) is 23.9 Å². The third-order valence-electron chi connectivity index (χ3n) is 4.84. The molecule has 0 spiro atoms. The highest BCUT2D eigenvalue weighted by molar-refractivity contribution is 6.36. The predicted octanol–water partition coefficient (Wildman–Crippen LogP) is 3.57. The van der Waals surface area contributed by atoms with Crippen LogP contribution in [0, 0.1) is 11.8 Å². The van der Waals surface area contributed by atoms with E-state index in [1.165, 1.54) is 25.7 Å². The van der Waals surface area contributed by atoms with E-state index in [1.54, 1.807) is 18.2 Å². The van der Waals surface area contributed by atoms with Crippen molar-refractivity contribution in [3.8, 4) is 0 Å². The Hall–Kier alpha value is -1.22. The molecule has 0 bridgehead atoms. The molecule has 0 aromatic heterocycles. The summed E-state index contributed by atoms with van der Waals surface area (Å²) in [5, 5.41) is 0.392. The Kier molecular flexibility index (Phi) is 3.88. The van der Waals surface area contributed by atoms with E-state index < -0.39 is 0 Å². The quantitative estimate of drug-likeness (QED) is 0.804. The maximum absolute atomic E-state index is 12.6. The molecule has 1 aromatic carbocycles. The summed E-state index contributed by atoms with van der Waals surface area (Å²) in [5.74, 6) is 1.54. The fraction of sp³-hybridized carbons (Fsp3) is 0.562. The van der Waals surface area contributed by atoms with Gasteiger partial charge in [0.15, 0.2) is 0 Å². The van der Waals surface area contributed by atoms with Gasteiger partial charge in [-0.05, 0) is 36.8 Å². The summed E-state index contributed by atoms with van der Waals surface area (Å²) in [6, 6.07) is 5.29. The highest BCUT2D eigenvalue weighted by Gasteiger charge is 2.33. The minimum absolute atomic E-state index is 0.0336. The number of hydrogen-bond acceptors (Lipinski definition) is 2. The molecule has 1 amide bonds. The fourth-order valence-corrected chi connectivity index (χ4v) is 3.88. The minimum atomic E-state index is 0.0336. The van der Waals surface area contributed by atoms with Crippen LogP contribution < -0.4 is 5.73 Å². The molecule has 2 aliphatic rings. The molecule has 108 valence electrons. The average Bonchev–Trinajstić information content (AvgIpc) is 2.49. The van der Waals surface area contributed by atoms with Crippen molar-refractivity contribution in [1.82, 2.24) is 4.90 Å². The van der Waals surface area contributed by atoms with Crippen LogP contribution in [0.5, 0.6) is 0 Å². The minimum Gasteiger partial charge on any atom is -0.398 e. The van der Waals surface area contributed by atoms with E-state index in [4.69, 9.17) is 17.3 Å². The van der Waals surface area contributed by atoms with Gasteiger partial charge in [-0.1, -0.05) is 36.9 Å². The van der Waals surface area contributed by atoms with E-state index in [9.17, 15) is 4.79 Å². The molecule has 2 unspecified atom stereocenters. The highest BCUT2D eigenvalue weighted by Crippen LogP contribution is 2.37. The number of nitrogens with zero attached hydrogens (tertiary/aromatic N) is 1. The Morgan fingerprint density at radius 1 is 1.20 bits per heavy atom. The number of likely N-dealkylation sites (tertiary alicyclic amines) is 1. The van der Waals surface area contributed by atoms with Gasteiger partial charge in [0.1, 0.15) is 0 Å². The van der Waals surface area contributed by atoms with Crippen molar-refractivity contribution in [3.05, 3.63) is 28.8 Å². The lowest BCUT2D eigenvalue weighted by Crippen LogP contribution is -2.44. The molecular formula is C16H21ClN2O. The maximum Gasteiger partial charge on any atom is 0.255 e. The van der Waals surface area contributed by atoms with Gasteiger partial charge in [-0.2, -0.15) is 0 Å². The van der Waals surface area contributed by atoms with Crippen molar-refractivity contribution in [2.45, 2.75) is 32.1 Å². The molecule has 3 rings (SSSR count). The van der Waals surface area contributed by atoms with E-state index >= 15 is 0 Å². The Morgan fingerprint density at radius 3 is 2.75 bits per heavy atom. The number of carbonyl (C=O) groups excluding carboxylic acids is 1. The molecule has 2 fully saturated rings. The van der Waals surface area contributed by atoms with Gasteiger partial charge >= 0.3 is 0 Å². The van der Waals surface area contributed by atoms with Crippen molar-refractivity contribution < 1.29 is 4.79 Å². The Morgan fingerprint density at radius 2 is 1.95 bits per heavy atom. The molecule has 1 saturated carbocycles. The van der Waals surface area contributed by atoms with Gasteiger partial charge in [-0.3, -0.25) is 4.79 Å². The van der Waals surface area contributed by atoms with E-state index in [1.807, 2.05) is 4.90 Å². The molecular weight excluding hydrogens is 272 g/mol. The van der Waals surface area contributed by atoms with E-state index in [0.29, 0.717) is 22.2 Å². The lowest BCUT2D eigenvalue weighted by Gasteiger charge is -2.41.